The number of hydrazine groups is 1. The second-order valence-electron chi connectivity index (χ2n) is 4.62. The molecule has 0 aliphatic carbocycles. The Hall–Kier alpha value is -2.48. The van der Waals surface area contributed by atoms with Gasteiger partial charge in [0.2, 0.25) is 5.95 Å². The molecule has 0 radical (unpaired) electrons. The van der Waals surface area contributed by atoms with Crippen molar-refractivity contribution in [1.29, 1.82) is 0 Å². The summed E-state index contributed by atoms with van der Waals surface area (Å²) in [6.45, 7) is 5.77. The minimum absolute atomic E-state index is 0.202. The summed E-state index contributed by atoms with van der Waals surface area (Å²) in [6, 6.07) is 1.82. The lowest BCUT2D eigenvalue weighted by molar-refractivity contribution is 0.102. The van der Waals surface area contributed by atoms with E-state index in [1.807, 2.05) is 13.8 Å². The van der Waals surface area contributed by atoms with Crippen LogP contribution in [0.3, 0.4) is 0 Å². The molecule has 0 saturated carbocycles. The first-order valence-electron chi connectivity index (χ1n) is 6.17. The van der Waals surface area contributed by atoms with E-state index in [1.54, 1.807) is 30.1 Å². The van der Waals surface area contributed by atoms with E-state index in [4.69, 9.17) is 5.84 Å². The zero-order valence-corrected chi connectivity index (χ0v) is 11.6. The molecule has 0 saturated heterocycles. The number of nitrogens with two attached hydrogens (primary N) is 1. The maximum Gasteiger partial charge on any atom is 0.274 e. The molecule has 2 aromatic rings. The van der Waals surface area contributed by atoms with E-state index in [2.05, 4.69) is 25.8 Å². The molecule has 0 fully saturated rings. The third kappa shape index (κ3) is 3.09. The molecule has 0 aliphatic heterocycles. The van der Waals surface area contributed by atoms with Crippen molar-refractivity contribution < 1.29 is 4.79 Å². The normalized spacial score (nSPS) is 10.7. The highest BCUT2D eigenvalue weighted by Gasteiger charge is 2.12. The van der Waals surface area contributed by atoms with E-state index < -0.39 is 0 Å². The average Bonchev–Trinajstić information content (AvgIpc) is 2.86. The average molecular weight is 275 g/mol. The minimum atomic E-state index is -0.338. The molecule has 0 spiro atoms. The van der Waals surface area contributed by atoms with Gasteiger partial charge in [-0.2, -0.15) is 5.10 Å². The van der Waals surface area contributed by atoms with Crippen molar-refractivity contribution in [1.82, 2.24) is 19.7 Å². The largest absolute Gasteiger partial charge is 0.318 e. The van der Waals surface area contributed by atoms with Crippen molar-refractivity contribution in [3.63, 3.8) is 0 Å². The van der Waals surface area contributed by atoms with Crippen LogP contribution in [-0.4, -0.2) is 25.7 Å². The van der Waals surface area contributed by atoms with E-state index in [9.17, 15) is 4.79 Å². The van der Waals surface area contributed by atoms with Gasteiger partial charge in [-0.25, -0.2) is 15.8 Å². The van der Waals surface area contributed by atoms with Crippen LogP contribution < -0.4 is 16.6 Å². The van der Waals surface area contributed by atoms with Crippen LogP contribution in [0.1, 0.15) is 36.1 Å². The van der Waals surface area contributed by atoms with Crippen LogP contribution in [0.25, 0.3) is 0 Å². The van der Waals surface area contributed by atoms with Crippen molar-refractivity contribution >= 4 is 17.5 Å². The predicted octanol–water partition coefficient (Wildman–Crippen LogP) is 1.10. The number of nitrogen functional groups attached to an aromatic ring is 1. The number of hydrogen-bond acceptors (Lipinski definition) is 6. The summed E-state index contributed by atoms with van der Waals surface area (Å²) < 4.78 is 1.76. The molecule has 0 atom stereocenters. The van der Waals surface area contributed by atoms with Gasteiger partial charge in [0.1, 0.15) is 5.69 Å². The summed E-state index contributed by atoms with van der Waals surface area (Å²) in [7, 11) is 0. The summed E-state index contributed by atoms with van der Waals surface area (Å²) in [5.74, 6) is 5.12. The number of amides is 1. The summed E-state index contributed by atoms with van der Waals surface area (Å²) in [4.78, 5) is 20.1. The van der Waals surface area contributed by atoms with Gasteiger partial charge in [-0.3, -0.25) is 14.9 Å². The maximum atomic E-state index is 12.1. The second kappa shape index (κ2) is 5.66. The molecule has 8 heteroatoms. The molecular formula is C12H17N7O. The van der Waals surface area contributed by atoms with Gasteiger partial charge in [0.25, 0.3) is 5.91 Å². The number of nitrogens with one attached hydrogen (secondary N) is 2. The zero-order valence-electron chi connectivity index (χ0n) is 11.6. The molecule has 0 aliphatic rings. The standard InChI is InChI=1S/C12H17N7O/c1-7(2)19-6-9(5-14-19)16-11(20)10-4-8(3)15-12(17-10)18-13/h4-7H,13H2,1-3H3,(H,16,20)(H,15,17,18). The van der Waals surface area contributed by atoms with Crippen molar-refractivity contribution in [2.45, 2.75) is 26.8 Å². The van der Waals surface area contributed by atoms with Crippen LogP contribution in [0, 0.1) is 6.92 Å². The van der Waals surface area contributed by atoms with Crippen LogP contribution in [-0.2, 0) is 0 Å². The fourth-order valence-corrected chi connectivity index (χ4v) is 1.63. The summed E-state index contributed by atoms with van der Waals surface area (Å²) in [5, 5.41) is 6.88. The van der Waals surface area contributed by atoms with Crippen molar-refractivity contribution in [2.24, 2.45) is 5.84 Å². The lowest BCUT2D eigenvalue weighted by Gasteiger charge is -2.06. The van der Waals surface area contributed by atoms with Crippen LogP contribution in [0.5, 0.6) is 0 Å². The van der Waals surface area contributed by atoms with Gasteiger partial charge in [-0.1, -0.05) is 0 Å². The monoisotopic (exact) mass is 275 g/mol. The molecule has 0 bridgehead atoms. The number of carbonyl (C=O) groups excluding carboxylic acids is 1. The predicted molar refractivity (Wildman–Crippen MR) is 75.1 cm³/mol. The Kier molecular flexibility index (Phi) is 3.94. The van der Waals surface area contributed by atoms with Crippen molar-refractivity contribution in [3.05, 3.63) is 29.8 Å². The highest BCUT2D eigenvalue weighted by Crippen LogP contribution is 2.12. The highest BCUT2D eigenvalue weighted by molar-refractivity contribution is 6.02. The fourth-order valence-electron chi connectivity index (χ4n) is 1.63. The Bertz CT molecular complexity index is 620. The van der Waals surface area contributed by atoms with Gasteiger partial charge in [-0.05, 0) is 26.8 Å². The number of anilines is 2. The van der Waals surface area contributed by atoms with Gasteiger partial charge in [0.05, 0.1) is 11.9 Å². The minimum Gasteiger partial charge on any atom is -0.318 e. The molecule has 1 amide bonds. The quantitative estimate of drug-likeness (QED) is 0.569. The number of nitrogens with zero attached hydrogens (tertiary/aromatic N) is 4. The van der Waals surface area contributed by atoms with Crippen molar-refractivity contribution in [3.8, 4) is 0 Å². The molecule has 106 valence electrons. The second-order valence-corrected chi connectivity index (χ2v) is 4.62. The number of aryl methyl sites for hydroxylation is 1. The first-order chi connectivity index (χ1) is 9.49. The Morgan fingerprint density at radius 3 is 2.75 bits per heavy atom. The Morgan fingerprint density at radius 1 is 1.40 bits per heavy atom. The van der Waals surface area contributed by atoms with Gasteiger partial charge < -0.3 is 5.32 Å². The first-order valence-corrected chi connectivity index (χ1v) is 6.17. The number of carbonyl (C=O) groups is 1. The van der Waals surface area contributed by atoms with E-state index in [0.717, 1.165) is 0 Å². The topological polar surface area (TPSA) is 111 Å². The summed E-state index contributed by atoms with van der Waals surface area (Å²) in [6.07, 6.45) is 3.35. The maximum absolute atomic E-state index is 12.1. The van der Waals surface area contributed by atoms with E-state index in [0.29, 0.717) is 11.4 Å². The molecular weight excluding hydrogens is 258 g/mol. The molecule has 4 N–H and O–H groups in total. The molecule has 0 unspecified atom stereocenters. The number of rotatable bonds is 4. The van der Waals surface area contributed by atoms with Crippen LogP contribution in [0.15, 0.2) is 18.5 Å². The lowest BCUT2D eigenvalue weighted by atomic mass is 10.3. The third-order valence-corrected chi connectivity index (χ3v) is 2.60. The smallest absolute Gasteiger partial charge is 0.274 e. The fraction of sp³-hybridized carbons (Fsp3) is 0.333. The molecule has 2 aromatic heterocycles. The Balaban J connectivity index is 2.16. The van der Waals surface area contributed by atoms with Crippen LogP contribution in [0.2, 0.25) is 0 Å². The molecule has 2 rings (SSSR count). The number of aromatic nitrogens is 4. The molecule has 20 heavy (non-hydrogen) atoms. The van der Waals surface area contributed by atoms with Crippen molar-refractivity contribution in [2.75, 3.05) is 10.7 Å². The number of hydrogen-bond donors (Lipinski definition) is 3. The summed E-state index contributed by atoms with van der Waals surface area (Å²) >= 11 is 0. The van der Waals surface area contributed by atoms with Gasteiger partial charge in [0.15, 0.2) is 0 Å². The summed E-state index contributed by atoms with van der Waals surface area (Å²) in [5.41, 5.74) is 3.83. The van der Waals surface area contributed by atoms with Crippen LogP contribution >= 0.6 is 0 Å². The van der Waals surface area contributed by atoms with Gasteiger partial charge in [0, 0.05) is 17.9 Å². The molecule has 8 nitrogen and oxygen atoms in total. The molecule has 0 aromatic carbocycles. The van der Waals surface area contributed by atoms with Crippen LogP contribution in [0.4, 0.5) is 11.6 Å². The third-order valence-electron chi connectivity index (χ3n) is 2.60. The SMILES string of the molecule is Cc1cc(C(=O)Nc2cnn(C(C)C)c2)nc(NN)n1. The van der Waals surface area contributed by atoms with Gasteiger partial charge >= 0.3 is 0 Å². The van der Waals surface area contributed by atoms with E-state index >= 15 is 0 Å². The van der Waals surface area contributed by atoms with E-state index in [-0.39, 0.29) is 23.6 Å². The Morgan fingerprint density at radius 2 is 2.15 bits per heavy atom. The Labute approximate surface area is 116 Å². The first kappa shape index (κ1) is 13.9. The van der Waals surface area contributed by atoms with E-state index in [1.165, 1.54) is 0 Å². The highest BCUT2D eigenvalue weighted by atomic mass is 16.1. The molecule has 2 heterocycles. The lowest BCUT2D eigenvalue weighted by Crippen LogP contribution is -2.17. The van der Waals surface area contributed by atoms with Gasteiger partial charge in [-0.15, -0.1) is 0 Å². The zero-order chi connectivity index (χ0) is 14.7.